The van der Waals surface area contributed by atoms with E-state index < -0.39 is 17.7 Å². The minimum atomic E-state index is -1.13. The van der Waals surface area contributed by atoms with Crippen LogP contribution in [0.5, 0.6) is 0 Å². The Morgan fingerprint density at radius 3 is 2.50 bits per heavy atom. The summed E-state index contributed by atoms with van der Waals surface area (Å²) in [5.74, 6) is -2.42. The lowest BCUT2D eigenvalue weighted by Crippen LogP contribution is -2.14. The fourth-order valence-corrected chi connectivity index (χ4v) is 2.64. The Bertz CT molecular complexity index is 694. The number of hydrogen-bond donors (Lipinski definition) is 2. The fraction of sp³-hybridized carbons (Fsp3) is 0.143. The van der Waals surface area contributed by atoms with Gasteiger partial charge < -0.3 is 10.4 Å². The third kappa shape index (κ3) is 2.85. The highest BCUT2D eigenvalue weighted by Gasteiger charge is 2.18. The van der Waals surface area contributed by atoms with Gasteiger partial charge in [-0.15, -0.1) is 11.3 Å². The Balaban J connectivity index is 2.30. The SMILES string of the molecule is Cc1ccc(C(=O)Nc2sc(C)cc2C(=O)O)c(F)c1. The number of carbonyl (C=O) groups is 2. The Kier molecular flexibility index (Phi) is 3.85. The largest absolute Gasteiger partial charge is 0.478 e. The maximum atomic E-state index is 13.7. The van der Waals surface area contributed by atoms with Gasteiger partial charge in [-0.25, -0.2) is 9.18 Å². The second kappa shape index (κ2) is 5.42. The lowest BCUT2D eigenvalue weighted by atomic mass is 10.1. The number of hydrogen-bond acceptors (Lipinski definition) is 3. The second-order valence-electron chi connectivity index (χ2n) is 4.34. The molecule has 0 aliphatic rings. The summed E-state index contributed by atoms with van der Waals surface area (Å²) in [5, 5.41) is 11.7. The second-order valence-corrected chi connectivity index (χ2v) is 5.60. The average Bonchev–Trinajstić information content (AvgIpc) is 2.70. The van der Waals surface area contributed by atoms with Gasteiger partial charge in [0.25, 0.3) is 5.91 Å². The molecule has 2 N–H and O–H groups in total. The molecule has 0 spiro atoms. The lowest BCUT2D eigenvalue weighted by Gasteiger charge is -2.06. The van der Waals surface area contributed by atoms with E-state index in [1.54, 1.807) is 19.9 Å². The van der Waals surface area contributed by atoms with E-state index in [-0.39, 0.29) is 16.1 Å². The molecule has 6 heteroatoms. The molecule has 0 saturated carbocycles. The number of aryl methyl sites for hydroxylation is 2. The van der Waals surface area contributed by atoms with Crippen LogP contribution in [0.1, 0.15) is 31.2 Å². The zero-order chi connectivity index (χ0) is 14.9. The molecule has 4 nitrogen and oxygen atoms in total. The Morgan fingerprint density at radius 2 is 1.90 bits per heavy atom. The summed E-state index contributed by atoms with van der Waals surface area (Å²) in [6, 6.07) is 5.72. The van der Waals surface area contributed by atoms with Gasteiger partial charge >= 0.3 is 5.97 Å². The van der Waals surface area contributed by atoms with Crippen LogP contribution in [0.4, 0.5) is 9.39 Å². The number of aromatic carboxylic acids is 1. The summed E-state index contributed by atoms with van der Waals surface area (Å²) < 4.78 is 13.7. The Labute approximate surface area is 118 Å². The average molecular weight is 293 g/mol. The number of rotatable bonds is 3. The van der Waals surface area contributed by atoms with Crippen LogP contribution in [0.15, 0.2) is 24.3 Å². The highest BCUT2D eigenvalue weighted by molar-refractivity contribution is 7.16. The smallest absolute Gasteiger partial charge is 0.338 e. The standard InChI is InChI=1S/C14H12FNO3S/c1-7-3-4-9(11(15)5-7)12(17)16-13-10(14(18)19)6-8(2)20-13/h3-6H,1-2H3,(H,16,17)(H,18,19). The van der Waals surface area contributed by atoms with E-state index in [9.17, 15) is 14.0 Å². The topological polar surface area (TPSA) is 66.4 Å². The Hall–Kier alpha value is -2.21. The zero-order valence-electron chi connectivity index (χ0n) is 10.9. The molecule has 0 fully saturated rings. The van der Waals surface area contributed by atoms with Gasteiger partial charge in [0.05, 0.1) is 11.1 Å². The monoisotopic (exact) mass is 293 g/mol. The first-order valence-electron chi connectivity index (χ1n) is 5.79. The van der Waals surface area contributed by atoms with Gasteiger partial charge in [0.15, 0.2) is 0 Å². The quantitative estimate of drug-likeness (QED) is 0.910. The molecule has 0 unspecified atom stereocenters. The first kappa shape index (κ1) is 14.2. The van der Waals surface area contributed by atoms with Crippen LogP contribution in [-0.4, -0.2) is 17.0 Å². The van der Waals surface area contributed by atoms with Crippen molar-refractivity contribution in [2.24, 2.45) is 0 Å². The zero-order valence-corrected chi connectivity index (χ0v) is 11.7. The highest BCUT2D eigenvalue weighted by Crippen LogP contribution is 2.28. The third-order valence-corrected chi connectivity index (χ3v) is 3.65. The predicted octanol–water partition coefficient (Wildman–Crippen LogP) is 3.45. The molecule has 0 radical (unpaired) electrons. The number of nitrogens with one attached hydrogen (secondary N) is 1. The van der Waals surface area contributed by atoms with Crippen LogP contribution in [0.3, 0.4) is 0 Å². The number of carboxylic acid groups (broad SMARTS) is 1. The van der Waals surface area contributed by atoms with Crippen molar-refractivity contribution in [2.45, 2.75) is 13.8 Å². The van der Waals surface area contributed by atoms with Crippen LogP contribution in [-0.2, 0) is 0 Å². The summed E-state index contributed by atoms with van der Waals surface area (Å²) in [6.07, 6.45) is 0. The maximum Gasteiger partial charge on any atom is 0.338 e. The van der Waals surface area contributed by atoms with Crippen molar-refractivity contribution < 1.29 is 19.1 Å². The van der Waals surface area contributed by atoms with Crippen molar-refractivity contribution in [3.63, 3.8) is 0 Å². The summed E-state index contributed by atoms with van der Waals surface area (Å²) in [4.78, 5) is 23.8. The molecule has 2 aromatic rings. The molecule has 1 aromatic carbocycles. The third-order valence-electron chi connectivity index (χ3n) is 2.68. The summed E-state index contributed by atoms with van der Waals surface area (Å²) in [7, 11) is 0. The van der Waals surface area contributed by atoms with E-state index in [1.165, 1.54) is 18.2 Å². The number of carbonyl (C=O) groups excluding carboxylic acids is 1. The minimum Gasteiger partial charge on any atom is -0.478 e. The van der Waals surface area contributed by atoms with Crippen LogP contribution >= 0.6 is 11.3 Å². The molecule has 0 saturated heterocycles. The fourth-order valence-electron chi connectivity index (χ4n) is 1.74. The van der Waals surface area contributed by atoms with Crippen molar-refractivity contribution >= 4 is 28.2 Å². The van der Waals surface area contributed by atoms with E-state index in [4.69, 9.17) is 5.11 Å². The van der Waals surface area contributed by atoms with E-state index in [2.05, 4.69) is 5.32 Å². The van der Waals surface area contributed by atoms with E-state index in [1.807, 2.05) is 0 Å². The van der Waals surface area contributed by atoms with Crippen LogP contribution in [0, 0.1) is 19.7 Å². The molecule has 0 aliphatic carbocycles. The van der Waals surface area contributed by atoms with E-state index >= 15 is 0 Å². The number of carboxylic acids is 1. The lowest BCUT2D eigenvalue weighted by molar-refractivity contribution is 0.0698. The molecule has 0 bridgehead atoms. The van der Waals surface area contributed by atoms with Gasteiger partial charge in [-0.3, -0.25) is 4.79 Å². The molecular formula is C14H12FNO3S. The molecule has 1 heterocycles. The molecule has 1 amide bonds. The van der Waals surface area contributed by atoms with E-state index in [0.29, 0.717) is 5.56 Å². The molecule has 2 rings (SSSR count). The molecule has 1 aromatic heterocycles. The number of thiophene rings is 1. The number of anilines is 1. The molecular weight excluding hydrogens is 281 g/mol. The van der Waals surface area contributed by atoms with Gasteiger partial charge in [0, 0.05) is 4.88 Å². The van der Waals surface area contributed by atoms with Crippen LogP contribution < -0.4 is 5.32 Å². The summed E-state index contributed by atoms with van der Waals surface area (Å²) in [5.41, 5.74) is 0.601. The summed E-state index contributed by atoms with van der Waals surface area (Å²) >= 11 is 1.14. The van der Waals surface area contributed by atoms with Crippen LogP contribution in [0.2, 0.25) is 0 Å². The first-order valence-corrected chi connectivity index (χ1v) is 6.61. The summed E-state index contributed by atoms with van der Waals surface area (Å²) in [6.45, 7) is 3.45. The van der Waals surface area contributed by atoms with Crippen molar-refractivity contribution in [3.8, 4) is 0 Å². The van der Waals surface area contributed by atoms with Gasteiger partial charge in [-0.1, -0.05) is 6.07 Å². The van der Waals surface area contributed by atoms with E-state index in [0.717, 1.165) is 16.2 Å². The number of amides is 1. The van der Waals surface area contributed by atoms with Crippen molar-refractivity contribution in [3.05, 3.63) is 51.7 Å². The van der Waals surface area contributed by atoms with Crippen molar-refractivity contribution in [1.82, 2.24) is 0 Å². The molecule has 0 atom stereocenters. The molecule has 0 aliphatic heterocycles. The number of benzene rings is 1. The van der Waals surface area contributed by atoms with Gasteiger partial charge in [0.1, 0.15) is 10.8 Å². The van der Waals surface area contributed by atoms with Crippen LogP contribution in [0.25, 0.3) is 0 Å². The number of halogens is 1. The van der Waals surface area contributed by atoms with Gasteiger partial charge in [0.2, 0.25) is 0 Å². The molecule has 20 heavy (non-hydrogen) atoms. The molecule has 104 valence electrons. The van der Waals surface area contributed by atoms with Crippen molar-refractivity contribution in [2.75, 3.05) is 5.32 Å². The highest BCUT2D eigenvalue weighted by atomic mass is 32.1. The van der Waals surface area contributed by atoms with Gasteiger partial charge in [-0.05, 0) is 37.6 Å². The first-order chi connectivity index (χ1) is 9.38. The predicted molar refractivity (Wildman–Crippen MR) is 75.1 cm³/mol. The van der Waals surface area contributed by atoms with Gasteiger partial charge in [-0.2, -0.15) is 0 Å². The van der Waals surface area contributed by atoms with Crippen molar-refractivity contribution in [1.29, 1.82) is 0 Å². The minimum absolute atomic E-state index is 0.00775. The normalized spacial score (nSPS) is 10.3. The maximum absolute atomic E-state index is 13.7. The Morgan fingerprint density at radius 1 is 1.20 bits per heavy atom.